The standard InChI is InChI=1S/C16H14N2O3/c1-11-4-6-18(7-5-11)9-14(19)12-2-3-15-13(8-12)17-16(20)10-21-15/h2-8H,9-10H2,1H3/p+1. The van der Waals surface area contributed by atoms with Gasteiger partial charge in [-0.15, -0.1) is 0 Å². The highest BCUT2D eigenvalue weighted by molar-refractivity contribution is 6.00. The smallest absolute Gasteiger partial charge is 0.262 e. The van der Waals surface area contributed by atoms with Gasteiger partial charge in [-0.05, 0) is 30.7 Å². The van der Waals surface area contributed by atoms with Crippen molar-refractivity contribution >= 4 is 17.4 Å². The molecule has 1 aliphatic heterocycles. The van der Waals surface area contributed by atoms with E-state index in [4.69, 9.17) is 4.74 Å². The largest absolute Gasteiger partial charge is 0.482 e. The van der Waals surface area contributed by atoms with Crippen molar-refractivity contribution in [3.8, 4) is 5.75 Å². The van der Waals surface area contributed by atoms with Crippen LogP contribution in [0.2, 0.25) is 0 Å². The monoisotopic (exact) mass is 283 g/mol. The Labute approximate surface area is 122 Å². The number of Topliss-reactive ketones (excluding diaryl/α,β-unsaturated/α-hetero) is 1. The molecule has 0 aliphatic carbocycles. The fourth-order valence-corrected chi connectivity index (χ4v) is 2.15. The van der Waals surface area contributed by atoms with E-state index in [1.807, 2.05) is 36.0 Å². The summed E-state index contributed by atoms with van der Waals surface area (Å²) in [5.74, 6) is 0.362. The van der Waals surface area contributed by atoms with Crippen molar-refractivity contribution in [3.05, 3.63) is 53.9 Å². The fourth-order valence-electron chi connectivity index (χ4n) is 2.15. The number of ketones is 1. The van der Waals surface area contributed by atoms with Gasteiger partial charge in [0.2, 0.25) is 12.3 Å². The molecule has 0 bridgehead atoms. The maximum atomic E-state index is 12.3. The van der Waals surface area contributed by atoms with Crippen molar-refractivity contribution in [2.45, 2.75) is 13.5 Å². The SMILES string of the molecule is Cc1cc[n+](CC(=O)c2ccc3c(c2)NC(=O)CO3)cc1. The second-order valence-corrected chi connectivity index (χ2v) is 5.02. The first kappa shape index (κ1) is 13.3. The number of aryl methyl sites for hydroxylation is 1. The number of nitrogens with zero attached hydrogens (tertiary/aromatic N) is 1. The van der Waals surface area contributed by atoms with Gasteiger partial charge >= 0.3 is 0 Å². The van der Waals surface area contributed by atoms with E-state index >= 15 is 0 Å². The quantitative estimate of drug-likeness (QED) is 0.686. The molecule has 0 saturated heterocycles. The number of hydrogen-bond donors (Lipinski definition) is 1. The molecule has 3 rings (SSSR count). The van der Waals surface area contributed by atoms with Crippen molar-refractivity contribution in [2.24, 2.45) is 0 Å². The lowest BCUT2D eigenvalue weighted by Gasteiger charge is -2.18. The molecule has 5 heteroatoms. The Morgan fingerprint density at radius 1 is 1.29 bits per heavy atom. The number of hydrogen-bond acceptors (Lipinski definition) is 3. The van der Waals surface area contributed by atoms with Gasteiger partial charge in [0.25, 0.3) is 5.91 Å². The molecule has 1 aliphatic rings. The molecule has 1 N–H and O–H groups in total. The number of carbonyl (C=O) groups is 2. The van der Waals surface area contributed by atoms with Crippen molar-refractivity contribution in [1.82, 2.24) is 0 Å². The number of fused-ring (bicyclic) bond motifs is 1. The van der Waals surface area contributed by atoms with Crippen LogP contribution >= 0.6 is 0 Å². The summed E-state index contributed by atoms with van der Waals surface area (Å²) in [6, 6.07) is 8.99. The van der Waals surface area contributed by atoms with Gasteiger partial charge < -0.3 is 10.1 Å². The number of rotatable bonds is 3. The summed E-state index contributed by atoms with van der Waals surface area (Å²) >= 11 is 0. The highest BCUT2D eigenvalue weighted by atomic mass is 16.5. The van der Waals surface area contributed by atoms with Gasteiger partial charge in [0, 0.05) is 17.7 Å². The molecule has 1 aromatic heterocycles. The van der Waals surface area contributed by atoms with Gasteiger partial charge in [-0.2, -0.15) is 4.57 Å². The van der Waals surface area contributed by atoms with E-state index in [2.05, 4.69) is 5.32 Å². The van der Waals surface area contributed by atoms with Crippen LogP contribution in [-0.2, 0) is 11.3 Å². The Kier molecular flexibility index (Phi) is 3.39. The summed E-state index contributed by atoms with van der Waals surface area (Å²) in [6.07, 6.45) is 3.74. The third kappa shape index (κ3) is 2.91. The third-order valence-corrected chi connectivity index (χ3v) is 3.32. The van der Waals surface area contributed by atoms with Crippen LogP contribution in [-0.4, -0.2) is 18.3 Å². The topological polar surface area (TPSA) is 59.3 Å². The third-order valence-electron chi connectivity index (χ3n) is 3.32. The van der Waals surface area contributed by atoms with Gasteiger partial charge in [-0.3, -0.25) is 9.59 Å². The summed E-state index contributed by atoms with van der Waals surface area (Å²) < 4.78 is 7.10. The van der Waals surface area contributed by atoms with Crippen LogP contribution in [0.5, 0.6) is 5.75 Å². The Morgan fingerprint density at radius 3 is 2.81 bits per heavy atom. The van der Waals surface area contributed by atoms with Gasteiger partial charge in [-0.25, -0.2) is 0 Å². The number of benzene rings is 1. The average molecular weight is 283 g/mol. The predicted octanol–water partition coefficient (Wildman–Crippen LogP) is 1.50. The van der Waals surface area contributed by atoms with Crippen LogP contribution in [0.15, 0.2) is 42.7 Å². The van der Waals surface area contributed by atoms with E-state index < -0.39 is 0 Å². The summed E-state index contributed by atoms with van der Waals surface area (Å²) in [4.78, 5) is 23.6. The summed E-state index contributed by atoms with van der Waals surface area (Å²) in [5, 5.41) is 2.70. The minimum Gasteiger partial charge on any atom is -0.482 e. The number of anilines is 1. The summed E-state index contributed by atoms with van der Waals surface area (Å²) in [7, 11) is 0. The molecule has 0 spiro atoms. The van der Waals surface area contributed by atoms with Crippen LogP contribution in [0.25, 0.3) is 0 Å². The number of amides is 1. The van der Waals surface area contributed by atoms with Gasteiger partial charge in [0.1, 0.15) is 5.75 Å². The fraction of sp³-hybridized carbons (Fsp3) is 0.188. The predicted molar refractivity (Wildman–Crippen MR) is 76.3 cm³/mol. The van der Waals surface area contributed by atoms with Crippen LogP contribution < -0.4 is 14.6 Å². The Bertz CT molecular complexity index is 708. The van der Waals surface area contributed by atoms with Crippen LogP contribution in [0, 0.1) is 6.92 Å². The zero-order chi connectivity index (χ0) is 14.8. The minimum atomic E-state index is -0.208. The molecular formula is C16H15N2O3+. The summed E-state index contributed by atoms with van der Waals surface area (Å²) in [6.45, 7) is 2.27. The molecule has 2 aromatic rings. The zero-order valence-electron chi connectivity index (χ0n) is 11.6. The molecule has 0 fully saturated rings. The van der Waals surface area contributed by atoms with E-state index in [1.165, 1.54) is 0 Å². The molecule has 0 atom stereocenters. The lowest BCUT2D eigenvalue weighted by molar-refractivity contribution is -0.683. The average Bonchev–Trinajstić information content (AvgIpc) is 2.48. The minimum absolute atomic E-state index is 0.0134. The lowest BCUT2D eigenvalue weighted by atomic mass is 10.1. The van der Waals surface area contributed by atoms with E-state index in [1.54, 1.807) is 18.2 Å². The van der Waals surface area contributed by atoms with Crippen LogP contribution in [0.4, 0.5) is 5.69 Å². The second-order valence-electron chi connectivity index (χ2n) is 5.02. The van der Waals surface area contributed by atoms with Gasteiger partial charge in [0.15, 0.2) is 19.0 Å². The molecule has 106 valence electrons. The maximum absolute atomic E-state index is 12.3. The first-order chi connectivity index (χ1) is 10.1. The van der Waals surface area contributed by atoms with Crippen molar-refractivity contribution in [1.29, 1.82) is 0 Å². The molecule has 0 saturated carbocycles. The van der Waals surface area contributed by atoms with Crippen LogP contribution in [0.1, 0.15) is 15.9 Å². The zero-order valence-corrected chi connectivity index (χ0v) is 11.6. The second kappa shape index (κ2) is 5.36. The molecule has 0 unspecified atom stereocenters. The van der Waals surface area contributed by atoms with Crippen molar-refractivity contribution in [3.63, 3.8) is 0 Å². The molecule has 2 heterocycles. The number of carbonyl (C=O) groups excluding carboxylic acids is 2. The number of aromatic nitrogens is 1. The number of pyridine rings is 1. The molecule has 1 aromatic carbocycles. The normalized spacial score (nSPS) is 13.1. The lowest BCUT2D eigenvalue weighted by Crippen LogP contribution is -2.37. The highest BCUT2D eigenvalue weighted by Crippen LogP contribution is 2.28. The molecule has 21 heavy (non-hydrogen) atoms. The van der Waals surface area contributed by atoms with Crippen molar-refractivity contribution < 1.29 is 18.9 Å². The molecule has 5 nitrogen and oxygen atoms in total. The Hall–Kier alpha value is -2.69. The molecular weight excluding hydrogens is 268 g/mol. The number of ether oxygens (including phenoxy) is 1. The summed E-state index contributed by atoms with van der Waals surface area (Å²) in [5.41, 5.74) is 2.24. The van der Waals surface area contributed by atoms with Gasteiger partial charge in [-0.1, -0.05) is 0 Å². The van der Waals surface area contributed by atoms with E-state index in [0.29, 0.717) is 17.0 Å². The highest BCUT2D eigenvalue weighted by Gasteiger charge is 2.19. The van der Waals surface area contributed by atoms with E-state index in [-0.39, 0.29) is 24.8 Å². The van der Waals surface area contributed by atoms with Crippen LogP contribution in [0.3, 0.4) is 0 Å². The van der Waals surface area contributed by atoms with E-state index in [9.17, 15) is 9.59 Å². The van der Waals surface area contributed by atoms with E-state index in [0.717, 1.165) is 5.56 Å². The first-order valence-corrected chi connectivity index (χ1v) is 6.67. The van der Waals surface area contributed by atoms with Gasteiger partial charge in [0.05, 0.1) is 5.69 Å². The Balaban J connectivity index is 1.80. The molecule has 1 amide bonds. The number of nitrogens with one attached hydrogen (secondary N) is 1. The Morgan fingerprint density at radius 2 is 2.05 bits per heavy atom. The first-order valence-electron chi connectivity index (χ1n) is 6.67. The maximum Gasteiger partial charge on any atom is 0.262 e. The van der Waals surface area contributed by atoms with Crippen molar-refractivity contribution in [2.75, 3.05) is 11.9 Å². The molecule has 0 radical (unpaired) electrons.